The van der Waals surface area contributed by atoms with Crippen LogP contribution in [0.2, 0.25) is 0 Å². The highest BCUT2D eigenvalue weighted by molar-refractivity contribution is 14.1. The lowest BCUT2D eigenvalue weighted by atomic mass is 10.1. The van der Waals surface area contributed by atoms with Crippen LogP contribution >= 0.6 is 159 Å². The standard InChI is InChI=1S/C33H28Cl2I6N4O14/c1-10(46)56-8-14(58-12(3)48)6-42-32(54)20-22(36)18(30(34)52)24(38)28(26(20)40)44-16(50)5-17(51)45-29-25(39)19(31(35)53)23(37)21(27(29)41)33(55)43-7-15(59-13(4)49)9-57-11(2)47/h14-15H,5-9H2,1-4H3,(H,42,54)(H,43,55)(H,44,50)(H,45,51). The van der Waals surface area contributed by atoms with E-state index >= 15 is 0 Å². The van der Waals surface area contributed by atoms with Gasteiger partial charge >= 0.3 is 23.9 Å². The van der Waals surface area contributed by atoms with Crippen molar-refractivity contribution in [1.29, 1.82) is 0 Å². The van der Waals surface area contributed by atoms with Crippen molar-refractivity contribution in [2.45, 2.75) is 46.3 Å². The average molecular weight is 1540 g/mol. The predicted molar refractivity (Wildman–Crippen MR) is 260 cm³/mol. The van der Waals surface area contributed by atoms with Crippen LogP contribution < -0.4 is 21.3 Å². The SMILES string of the molecule is CC(=O)OCC(CNC(=O)c1c(I)c(NC(=O)CC(=O)Nc2c(I)c(C(=O)Cl)c(I)c(C(=O)NCC(COC(C)=O)OC(C)=O)c2I)c(I)c(C(=O)Cl)c1I)OC(C)=O. The molecule has 26 heteroatoms. The van der Waals surface area contributed by atoms with Gasteiger partial charge in [-0.15, -0.1) is 0 Å². The number of halogens is 8. The Kier molecular flexibility index (Phi) is 22.7. The van der Waals surface area contributed by atoms with Crippen LogP contribution in [-0.4, -0.2) is 96.5 Å². The number of nitrogens with one attached hydrogen (secondary N) is 4. The number of esters is 4. The molecule has 0 saturated carbocycles. The quantitative estimate of drug-likeness (QED) is 0.0474. The lowest BCUT2D eigenvalue weighted by Gasteiger charge is -2.21. The molecule has 0 aliphatic rings. The number of hydrogen-bond donors (Lipinski definition) is 4. The minimum absolute atomic E-state index is 0.0387. The summed E-state index contributed by atoms with van der Waals surface area (Å²) in [5.74, 6) is -6.09. The molecular weight excluding hydrogens is 1510 g/mol. The summed E-state index contributed by atoms with van der Waals surface area (Å²) in [5.41, 5.74) is -0.532. The molecule has 2 unspecified atom stereocenters. The van der Waals surface area contributed by atoms with E-state index in [1.54, 1.807) is 136 Å². The van der Waals surface area contributed by atoms with Crippen molar-refractivity contribution in [3.8, 4) is 0 Å². The molecule has 2 atom stereocenters. The molecule has 0 saturated heterocycles. The summed E-state index contributed by atoms with van der Waals surface area (Å²) in [6, 6.07) is 0. The summed E-state index contributed by atoms with van der Waals surface area (Å²) >= 11 is 22.3. The van der Waals surface area contributed by atoms with Gasteiger partial charge in [0.05, 0.1) is 61.0 Å². The van der Waals surface area contributed by atoms with Crippen molar-refractivity contribution in [2.75, 3.05) is 36.9 Å². The molecule has 0 spiro atoms. The molecule has 0 bridgehead atoms. The fraction of sp³-hybridized carbons (Fsp3) is 0.333. The molecule has 4 N–H and O–H groups in total. The van der Waals surface area contributed by atoms with E-state index in [4.69, 9.17) is 42.1 Å². The first-order valence-electron chi connectivity index (χ1n) is 16.0. The maximum atomic E-state index is 13.5. The van der Waals surface area contributed by atoms with Gasteiger partial charge in [-0.05, 0) is 159 Å². The van der Waals surface area contributed by atoms with Crippen LogP contribution in [0.25, 0.3) is 0 Å². The number of ether oxygens (including phenoxy) is 4. The number of anilines is 2. The van der Waals surface area contributed by atoms with E-state index in [2.05, 4.69) is 21.3 Å². The molecule has 18 nitrogen and oxygen atoms in total. The third-order valence-corrected chi connectivity index (χ3v) is 13.8. The van der Waals surface area contributed by atoms with Crippen LogP contribution in [0.1, 0.15) is 75.5 Å². The molecule has 0 fully saturated rings. The van der Waals surface area contributed by atoms with Gasteiger partial charge in [-0.3, -0.25) is 47.9 Å². The molecular formula is C33H28Cl2I6N4O14. The zero-order valence-electron chi connectivity index (χ0n) is 30.4. The van der Waals surface area contributed by atoms with Crippen LogP contribution in [0.3, 0.4) is 0 Å². The van der Waals surface area contributed by atoms with E-state index in [9.17, 15) is 47.9 Å². The molecule has 0 aromatic heterocycles. The Labute approximate surface area is 427 Å². The van der Waals surface area contributed by atoms with E-state index < -0.39 is 76.6 Å². The number of carbonyl (C=O) groups excluding carboxylic acids is 10. The fourth-order valence-electron chi connectivity index (χ4n) is 4.55. The van der Waals surface area contributed by atoms with Gasteiger partial charge in [-0.1, -0.05) is 0 Å². The number of hydrogen-bond acceptors (Lipinski definition) is 14. The molecule has 59 heavy (non-hydrogen) atoms. The Bertz CT molecular complexity index is 1980. The van der Waals surface area contributed by atoms with Gasteiger partial charge in [0.15, 0.2) is 12.2 Å². The van der Waals surface area contributed by atoms with E-state index in [0.29, 0.717) is 0 Å². The van der Waals surface area contributed by atoms with Crippen molar-refractivity contribution >= 4 is 228 Å². The highest BCUT2D eigenvalue weighted by Crippen LogP contribution is 2.38. The molecule has 0 aliphatic heterocycles. The molecule has 0 radical (unpaired) electrons. The predicted octanol–water partition coefficient (Wildman–Crippen LogP) is 5.49. The molecule has 4 amide bonds. The summed E-state index contributed by atoms with van der Waals surface area (Å²) in [6.45, 7) is 3.21. The van der Waals surface area contributed by atoms with Gasteiger partial charge in [0.2, 0.25) is 11.8 Å². The molecule has 2 aromatic carbocycles. The zero-order valence-corrected chi connectivity index (χ0v) is 44.9. The molecule has 320 valence electrons. The lowest BCUT2D eigenvalue weighted by Crippen LogP contribution is -2.38. The third-order valence-electron chi connectivity index (χ3n) is 6.92. The Morgan fingerprint density at radius 2 is 0.797 bits per heavy atom. The van der Waals surface area contributed by atoms with Crippen LogP contribution in [0.15, 0.2) is 0 Å². The number of rotatable bonds is 18. The van der Waals surface area contributed by atoms with Crippen LogP contribution in [-0.2, 0) is 47.7 Å². The van der Waals surface area contributed by atoms with E-state index in [1.165, 1.54) is 0 Å². The zero-order chi connectivity index (χ0) is 45.0. The minimum atomic E-state index is -1.06. The van der Waals surface area contributed by atoms with Crippen molar-refractivity contribution in [1.82, 2.24) is 10.6 Å². The Hall–Kier alpha value is -1.50. The van der Waals surface area contributed by atoms with Crippen LogP contribution in [0.4, 0.5) is 11.4 Å². The highest BCUT2D eigenvalue weighted by Gasteiger charge is 2.31. The first kappa shape index (κ1) is 53.6. The monoisotopic (exact) mass is 1540 g/mol. The van der Waals surface area contributed by atoms with Gasteiger partial charge in [0, 0.05) is 34.8 Å². The van der Waals surface area contributed by atoms with Crippen molar-refractivity contribution in [3.63, 3.8) is 0 Å². The minimum Gasteiger partial charge on any atom is -0.462 e. The summed E-state index contributed by atoms with van der Waals surface area (Å²) in [6.07, 6.45) is -2.98. The molecule has 2 rings (SSSR count). The maximum Gasteiger partial charge on any atom is 0.303 e. The molecule has 0 aliphatic carbocycles. The topological polar surface area (TPSA) is 256 Å². The molecule has 2 aromatic rings. The van der Waals surface area contributed by atoms with Gasteiger partial charge in [0.25, 0.3) is 22.3 Å². The summed E-state index contributed by atoms with van der Waals surface area (Å²) < 4.78 is 20.8. The van der Waals surface area contributed by atoms with Gasteiger partial charge in [0.1, 0.15) is 19.6 Å². The van der Waals surface area contributed by atoms with Gasteiger partial charge in [-0.2, -0.15) is 0 Å². The fourth-order valence-corrected chi connectivity index (χ4v) is 14.4. The van der Waals surface area contributed by atoms with Gasteiger partial charge in [-0.25, -0.2) is 0 Å². The number of amides is 4. The summed E-state index contributed by atoms with van der Waals surface area (Å²) in [5, 5.41) is 8.26. The highest BCUT2D eigenvalue weighted by atomic mass is 127. The second-order valence-electron chi connectivity index (χ2n) is 11.4. The smallest absolute Gasteiger partial charge is 0.303 e. The van der Waals surface area contributed by atoms with Crippen molar-refractivity contribution < 1.29 is 66.9 Å². The summed E-state index contributed by atoms with van der Waals surface area (Å²) in [4.78, 5) is 125. The van der Waals surface area contributed by atoms with E-state index in [1.807, 2.05) is 0 Å². The largest absolute Gasteiger partial charge is 0.462 e. The normalized spacial score (nSPS) is 11.6. The first-order chi connectivity index (χ1) is 27.4. The van der Waals surface area contributed by atoms with Crippen LogP contribution in [0, 0.1) is 21.4 Å². The second kappa shape index (κ2) is 25.0. The lowest BCUT2D eigenvalue weighted by molar-refractivity contribution is -0.155. The van der Waals surface area contributed by atoms with E-state index in [-0.39, 0.29) is 81.4 Å². The average Bonchev–Trinajstić information content (AvgIpc) is 3.10. The third kappa shape index (κ3) is 16.0. The first-order valence-corrected chi connectivity index (χ1v) is 23.2. The van der Waals surface area contributed by atoms with Crippen LogP contribution in [0.5, 0.6) is 0 Å². The van der Waals surface area contributed by atoms with E-state index in [0.717, 1.165) is 27.7 Å². The Balaban J connectivity index is 2.44. The Morgan fingerprint density at radius 1 is 0.492 bits per heavy atom. The van der Waals surface area contributed by atoms with Crippen molar-refractivity contribution in [2.24, 2.45) is 0 Å². The van der Waals surface area contributed by atoms with Gasteiger partial charge < -0.3 is 40.2 Å². The van der Waals surface area contributed by atoms with Crippen molar-refractivity contribution in [3.05, 3.63) is 43.7 Å². The maximum absolute atomic E-state index is 13.5. The summed E-state index contributed by atoms with van der Waals surface area (Å²) in [7, 11) is 0. The molecule has 0 heterocycles. The Morgan fingerprint density at radius 3 is 1.07 bits per heavy atom. The number of benzene rings is 2. The number of carbonyl (C=O) groups is 10. The second-order valence-corrected chi connectivity index (χ2v) is 18.6.